The number of hydrogen-bond donors (Lipinski definition) is 1. The summed E-state index contributed by atoms with van der Waals surface area (Å²) in [6.45, 7) is 1.13. The summed E-state index contributed by atoms with van der Waals surface area (Å²) in [5, 5.41) is 10.9. The van der Waals surface area contributed by atoms with Crippen LogP contribution in [0.1, 0.15) is 29.6 Å². The van der Waals surface area contributed by atoms with Gasteiger partial charge in [0.1, 0.15) is 29.5 Å². The molecule has 1 aliphatic rings. The number of halogens is 1. The molecule has 1 amide bonds. The van der Waals surface area contributed by atoms with Gasteiger partial charge in [0.05, 0.1) is 7.11 Å². The lowest BCUT2D eigenvalue weighted by Gasteiger charge is -2.27. The fourth-order valence-corrected chi connectivity index (χ4v) is 3.21. The van der Waals surface area contributed by atoms with E-state index in [1.54, 1.807) is 36.3 Å². The van der Waals surface area contributed by atoms with Gasteiger partial charge in [-0.3, -0.25) is 4.79 Å². The van der Waals surface area contributed by atoms with Crippen LogP contribution in [0.4, 0.5) is 4.39 Å². The molecule has 3 rings (SSSR count). The molecule has 1 N–H and O–H groups in total. The second-order valence-electron chi connectivity index (χ2n) is 6.84. The van der Waals surface area contributed by atoms with Gasteiger partial charge in [-0.15, -0.1) is 0 Å². The number of carbonyl (C=O) groups excluding carboxylic acids is 1. The minimum absolute atomic E-state index is 0.0717. The summed E-state index contributed by atoms with van der Waals surface area (Å²) in [5.74, 6) is 0.748. The molecule has 6 heteroatoms. The Morgan fingerprint density at radius 2 is 1.93 bits per heavy atom. The van der Waals surface area contributed by atoms with Gasteiger partial charge in [0.2, 0.25) is 0 Å². The fraction of sp³-hybridized carbons (Fsp3) is 0.381. The summed E-state index contributed by atoms with van der Waals surface area (Å²) in [4.78, 5) is 14.5. The van der Waals surface area contributed by atoms with E-state index in [4.69, 9.17) is 9.47 Å². The van der Waals surface area contributed by atoms with E-state index in [2.05, 4.69) is 0 Å². The highest BCUT2D eigenvalue weighted by atomic mass is 19.1. The Morgan fingerprint density at radius 1 is 1.15 bits per heavy atom. The van der Waals surface area contributed by atoms with Crippen molar-refractivity contribution in [2.45, 2.75) is 24.9 Å². The smallest absolute Gasteiger partial charge is 0.253 e. The van der Waals surface area contributed by atoms with Gasteiger partial charge >= 0.3 is 0 Å². The summed E-state index contributed by atoms with van der Waals surface area (Å²) < 4.78 is 23.8. The Morgan fingerprint density at radius 3 is 2.67 bits per heavy atom. The van der Waals surface area contributed by atoms with E-state index in [1.165, 1.54) is 24.3 Å². The van der Waals surface area contributed by atoms with E-state index in [1.807, 2.05) is 0 Å². The molecule has 0 aliphatic carbocycles. The minimum atomic E-state index is -1.02. The second-order valence-corrected chi connectivity index (χ2v) is 6.84. The molecule has 1 atom stereocenters. The number of amides is 1. The third-order valence-corrected chi connectivity index (χ3v) is 4.84. The number of aliphatic hydroxyl groups is 1. The van der Waals surface area contributed by atoms with Crippen molar-refractivity contribution in [3.05, 3.63) is 59.9 Å². The van der Waals surface area contributed by atoms with Gasteiger partial charge in [-0.05, 0) is 61.7 Å². The number of benzene rings is 2. The van der Waals surface area contributed by atoms with Gasteiger partial charge in [0.15, 0.2) is 0 Å². The van der Waals surface area contributed by atoms with Crippen molar-refractivity contribution in [2.24, 2.45) is 0 Å². The zero-order valence-electron chi connectivity index (χ0n) is 15.4. The summed E-state index contributed by atoms with van der Waals surface area (Å²) in [6.07, 6.45) is 1.64. The number of likely N-dealkylation sites (tertiary alicyclic amines) is 1. The zero-order chi connectivity index (χ0) is 19.3. The molecule has 1 aliphatic heterocycles. The molecule has 1 fully saturated rings. The lowest BCUT2D eigenvalue weighted by Crippen LogP contribution is -2.38. The van der Waals surface area contributed by atoms with Crippen LogP contribution in [0.2, 0.25) is 0 Å². The lowest BCUT2D eigenvalue weighted by molar-refractivity contribution is -0.0163. The van der Waals surface area contributed by atoms with Crippen molar-refractivity contribution in [3.63, 3.8) is 0 Å². The minimum Gasteiger partial charge on any atom is -0.497 e. The SMILES string of the molecule is COc1cccc(C(=O)N2CCCC(O)(COc3ccc(F)cc3)CC2)c1. The molecule has 2 aromatic rings. The average Bonchev–Trinajstić information content (AvgIpc) is 2.89. The van der Waals surface area contributed by atoms with Crippen LogP contribution in [-0.4, -0.2) is 48.3 Å². The van der Waals surface area contributed by atoms with Gasteiger partial charge in [0.25, 0.3) is 5.91 Å². The van der Waals surface area contributed by atoms with Crippen LogP contribution in [0.25, 0.3) is 0 Å². The average molecular weight is 373 g/mol. The van der Waals surface area contributed by atoms with Gasteiger partial charge in [-0.1, -0.05) is 6.07 Å². The first kappa shape index (κ1) is 19.2. The van der Waals surface area contributed by atoms with Crippen LogP contribution >= 0.6 is 0 Å². The monoisotopic (exact) mass is 373 g/mol. The van der Waals surface area contributed by atoms with Gasteiger partial charge in [0, 0.05) is 18.7 Å². The van der Waals surface area contributed by atoms with Crippen molar-refractivity contribution in [3.8, 4) is 11.5 Å². The number of methoxy groups -OCH3 is 1. The summed E-state index contributed by atoms with van der Waals surface area (Å²) >= 11 is 0. The summed E-state index contributed by atoms with van der Waals surface area (Å²) in [7, 11) is 1.57. The summed E-state index contributed by atoms with van der Waals surface area (Å²) in [5.41, 5.74) is -0.444. The Hall–Kier alpha value is -2.60. The van der Waals surface area contributed by atoms with Crippen molar-refractivity contribution >= 4 is 5.91 Å². The zero-order valence-corrected chi connectivity index (χ0v) is 15.4. The van der Waals surface area contributed by atoms with E-state index >= 15 is 0 Å². The molecule has 5 nitrogen and oxygen atoms in total. The standard InChI is InChI=1S/C21H24FNO4/c1-26-19-5-2-4-16(14-19)20(24)23-12-3-10-21(25,11-13-23)15-27-18-8-6-17(22)7-9-18/h2,4-9,14,25H,3,10-13,15H2,1H3. The van der Waals surface area contributed by atoms with Crippen LogP contribution < -0.4 is 9.47 Å². The third-order valence-electron chi connectivity index (χ3n) is 4.84. The Kier molecular flexibility index (Phi) is 5.96. The van der Waals surface area contributed by atoms with Crippen molar-refractivity contribution in [1.29, 1.82) is 0 Å². The van der Waals surface area contributed by atoms with E-state index in [0.29, 0.717) is 49.4 Å². The van der Waals surface area contributed by atoms with Crippen molar-refractivity contribution in [1.82, 2.24) is 4.90 Å². The topological polar surface area (TPSA) is 59.0 Å². The normalized spacial score (nSPS) is 20.0. The van der Waals surface area contributed by atoms with E-state index < -0.39 is 5.60 Å². The molecular weight excluding hydrogens is 349 g/mol. The highest BCUT2D eigenvalue weighted by Crippen LogP contribution is 2.25. The van der Waals surface area contributed by atoms with Crippen molar-refractivity contribution < 1.29 is 23.8 Å². The number of ether oxygens (including phenoxy) is 2. The molecule has 0 bridgehead atoms. The van der Waals surface area contributed by atoms with Crippen LogP contribution in [0.5, 0.6) is 11.5 Å². The van der Waals surface area contributed by atoms with Gasteiger partial charge in [-0.25, -0.2) is 4.39 Å². The molecule has 1 saturated heterocycles. The van der Waals surface area contributed by atoms with Crippen molar-refractivity contribution in [2.75, 3.05) is 26.8 Å². The quantitative estimate of drug-likeness (QED) is 0.874. The number of carbonyl (C=O) groups is 1. The van der Waals surface area contributed by atoms with Crippen LogP contribution in [0.15, 0.2) is 48.5 Å². The van der Waals surface area contributed by atoms with Crippen LogP contribution in [0.3, 0.4) is 0 Å². The first-order chi connectivity index (χ1) is 13.0. The first-order valence-electron chi connectivity index (χ1n) is 9.03. The molecule has 0 saturated carbocycles. The molecule has 0 spiro atoms. The Balaban J connectivity index is 1.60. The highest BCUT2D eigenvalue weighted by molar-refractivity contribution is 5.94. The molecule has 144 valence electrons. The highest BCUT2D eigenvalue weighted by Gasteiger charge is 2.32. The largest absolute Gasteiger partial charge is 0.497 e. The molecule has 2 aromatic carbocycles. The molecule has 0 aromatic heterocycles. The Labute approximate surface area is 158 Å². The molecule has 1 unspecified atom stereocenters. The van der Waals surface area contributed by atoms with E-state index in [-0.39, 0.29) is 18.3 Å². The lowest BCUT2D eigenvalue weighted by atomic mass is 9.96. The number of rotatable bonds is 5. The molecule has 27 heavy (non-hydrogen) atoms. The van der Waals surface area contributed by atoms with E-state index in [0.717, 1.165) is 0 Å². The number of hydrogen-bond acceptors (Lipinski definition) is 4. The predicted octanol–water partition coefficient (Wildman–Crippen LogP) is 3.27. The van der Waals surface area contributed by atoms with Gasteiger partial charge in [-0.2, -0.15) is 0 Å². The second kappa shape index (κ2) is 8.39. The molecular formula is C21H24FNO4. The Bertz CT molecular complexity index is 780. The number of nitrogens with zero attached hydrogens (tertiary/aromatic N) is 1. The first-order valence-corrected chi connectivity index (χ1v) is 9.03. The molecule has 0 radical (unpaired) electrons. The van der Waals surface area contributed by atoms with Crippen LogP contribution in [-0.2, 0) is 0 Å². The van der Waals surface area contributed by atoms with E-state index in [9.17, 15) is 14.3 Å². The summed E-state index contributed by atoms with van der Waals surface area (Å²) in [6, 6.07) is 12.8. The van der Waals surface area contributed by atoms with Gasteiger partial charge < -0.3 is 19.5 Å². The maximum atomic E-state index is 13.0. The molecule has 1 heterocycles. The third kappa shape index (κ3) is 4.98. The fourth-order valence-electron chi connectivity index (χ4n) is 3.21. The predicted molar refractivity (Wildman–Crippen MR) is 99.6 cm³/mol. The maximum Gasteiger partial charge on any atom is 0.253 e. The van der Waals surface area contributed by atoms with Crippen LogP contribution in [0, 0.1) is 5.82 Å². The maximum absolute atomic E-state index is 13.0.